The number of carbonyl (C=O) groups is 1. The minimum absolute atomic E-state index is 0.203. The number of aromatic amines is 1. The van der Waals surface area contributed by atoms with Crippen LogP contribution in [-0.4, -0.2) is 22.4 Å². The van der Waals surface area contributed by atoms with Crippen LogP contribution in [0, 0.1) is 0 Å². The van der Waals surface area contributed by atoms with Gasteiger partial charge in [0.25, 0.3) is 5.91 Å². The monoisotopic (exact) mass is 367 g/mol. The summed E-state index contributed by atoms with van der Waals surface area (Å²) in [6.07, 6.45) is 6.52. The lowest BCUT2D eigenvalue weighted by Crippen LogP contribution is -2.26. The Morgan fingerprint density at radius 3 is 2.96 bits per heavy atom. The fraction of sp³-hybridized carbons (Fsp3) is 0.350. The molecule has 2 N–H and O–H groups in total. The molecular formula is C20H21N3O2S. The van der Waals surface area contributed by atoms with E-state index in [9.17, 15) is 9.59 Å². The molecule has 0 saturated heterocycles. The number of rotatable bonds is 5. The summed E-state index contributed by atoms with van der Waals surface area (Å²) in [6, 6.07) is 8.72. The Hall–Kier alpha value is -2.47. The van der Waals surface area contributed by atoms with Gasteiger partial charge in [-0.3, -0.25) is 9.59 Å². The van der Waals surface area contributed by atoms with Gasteiger partial charge in [0, 0.05) is 34.8 Å². The second-order valence-electron chi connectivity index (χ2n) is 6.64. The first kappa shape index (κ1) is 17.0. The summed E-state index contributed by atoms with van der Waals surface area (Å²) in [7, 11) is 0. The molecule has 2 heterocycles. The molecule has 0 atom stereocenters. The minimum atomic E-state index is -0.262. The third kappa shape index (κ3) is 3.55. The summed E-state index contributed by atoms with van der Waals surface area (Å²) in [5.74, 6) is -0.203. The van der Waals surface area contributed by atoms with Gasteiger partial charge in [-0.2, -0.15) is 0 Å². The Morgan fingerprint density at radius 1 is 1.23 bits per heavy atom. The van der Waals surface area contributed by atoms with Gasteiger partial charge in [0.2, 0.25) is 5.56 Å². The molecule has 4 rings (SSSR count). The topological polar surface area (TPSA) is 74.8 Å². The van der Waals surface area contributed by atoms with E-state index >= 15 is 0 Å². The van der Waals surface area contributed by atoms with Crippen molar-refractivity contribution < 1.29 is 4.79 Å². The van der Waals surface area contributed by atoms with Crippen molar-refractivity contribution in [1.82, 2.24) is 15.3 Å². The van der Waals surface area contributed by atoms with Gasteiger partial charge in [-0.25, -0.2) is 4.98 Å². The standard InChI is InChI=1S/C20H21N3O2S/c24-18-12-14(13-6-1-2-7-15(13)22-18)20(25)21-11-5-10-19-23-16-8-3-4-9-17(16)26-19/h1-2,6-7,12H,3-5,8-11H2,(H,21,25)(H,22,24). The molecule has 0 saturated carbocycles. The van der Waals surface area contributed by atoms with Crippen molar-refractivity contribution in [1.29, 1.82) is 0 Å². The van der Waals surface area contributed by atoms with E-state index in [-0.39, 0.29) is 11.5 Å². The van der Waals surface area contributed by atoms with Crippen molar-refractivity contribution in [3.63, 3.8) is 0 Å². The molecular weight excluding hydrogens is 346 g/mol. The van der Waals surface area contributed by atoms with Gasteiger partial charge in [0.1, 0.15) is 0 Å². The highest BCUT2D eigenvalue weighted by molar-refractivity contribution is 7.11. The summed E-state index contributed by atoms with van der Waals surface area (Å²) < 4.78 is 0. The molecule has 0 radical (unpaired) electrons. The minimum Gasteiger partial charge on any atom is -0.352 e. The third-order valence-corrected chi connectivity index (χ3v) is 5.96. The second-order valence-corrected chi connectivity index (χ2v) is 7.81. The average molecular weight is 367 g/mol. The van der Waals surface area contributed by atoms with Gasteiger partial charge in [-0.05, 0) is 38.2 Å². The maximum atomic E-state index is 12.5. The highest BCUT2D eigenvalue weighted by Crippen LogP contribution is 2.27. The van der Waals surface area contributed by atoms with Crippen LogP contribution in [0.4, 0.5) is 0 Å². The highest BCUT2D eigenvalue weighted by atomic mass is 32.1. The van der Waals surface area contributed by atoms with E-state index in [0.717, 1.165) is 24.6 Å². The molecule has 0 fully saturated rings. The molecule has 0 unspecified atom stereocenters. The predicted octanol–water partition coefficient (Wildman–Crippen LogP) is 3.23. The van der Waals surface area contributed by atoms with Crippen molar-refractivity contribution >= 4 is 28.1 Å². The van der Waals surface area contributed by atoms with Gasteiger partial charge in [0.15, 0.2) is 0 Å². The lowest BCUT2D eigenvalue weighted by Gasteiger charge is -2.07. The number of amides is 1. The fourth-order valence-corrected chi connectivity index (χ4v) is 4.64. The smallest absolute Gasteiger partial charge is 0.252 e. The number of fused-ring (bicyclic) bond motifs is 2. The molecule has 2 aromatic heterocycles. The molecule has 1 aliphatic rings. The maximum absolute atomic E-state index is 12.5. The van der Waals surface area contributed by atoms with Crippen LogP contribution in [0.25, 0.3) is 10.9 Å². The van der Waals surface area contributed by atoms with Crippen LogP contribution in [0.1, 0.15) is 45.2 Å². The number of aryl methyl sites for hydroxylation is 3. The van der Waals surface area contributed by atoms with Crippen molar-refractivity contribution in [3.05, 3.63) is 61.8 Å². The van der Waals surface area contributed by atoms with Crippen LogP contribution < -0.4 is 10.9 Å². The number of benzene rings is 1. The number of aromatic nitrogens is 2. The normalized spacial score (nSPS) is 13.5. The molecule has 1 amide bonds. The van der Waals surface area contributed by atoms with Gasteiger partial charge >= 0.3 is 0 Å². The van der Waals surface area contributed by atoms with Crippen LogP contribution in [0.5, 0.6) is 0 Å². The second kappa shape index (κ2) is 7.41. The third-order valence-electron chi connectivity index (χ3n) is 4.74. The highest BCUT2D eigenvalue weighted by Gasteiger charge is 2.15. The molecule has 0 bridgehead atoms. The molecule has 1 aromatic carbocycles. The molecule has 3 aromatic rings. The largest absolute Gasteiger partial charge is 0.352 e. The van der Waals surface area contributed by atoms with Crippen molar-refractivity contribution in [2.24, 2.45) is 0 Å². The lowest BCUT2D eigenvalue weighted by atomic mass is 10.0. The van der Waals surface area contributed by atoms with E-state index < -0.39 is 0 Å². The SMILES string of the molecule is O=C(NCCCc1nc2c(s1)CCCC2)c1cc(=O)[nH]c2ccccc12. The van der Waals surface area contributed by atoms with E-state index in [4.69, 9.17) is 4.98 Å². The summed E-state index contributed by atoms with van der Waals surface area (Å²) in [6.45, 7) is 0.574. The zero-order valence-electron chi connectivity index (χ0n) is 14.5. The molecule has 26 heavy (non-hydrogen) atoms. The van der Waals surface area contributed by atoms with E-state index in [1.807, 2.05) is 29.5 Å². The molecule has 5 nitrogen and oxygen atoms in total. The average Bonchev–Trinajstić information content (AvgIpc) is 3.07. The maximum Gasteiger partial charge on any atom is 0.252 e. The van der Waals surface area contributed by atoms with Crippen LogP contribution in [0.15, 0.2) is 35.1 Å². The van der Waals surface area contributed by atoms with Gasteiger partial charge in [-0.1, -0.05) is 18.2 Å². The molecule has 0 spiro atoms. The summed E-state index contributed by atoms with van der Waals surface area (Å²) in [5, 5.41) is 4.87. The Kier molecular flexibility index (Phi) is 4.84. The van der Waals surface area contributed by atoms with Crippen molar-refractivity contribution in [3.8, 4) is 0 Å². The molecule has 0 aliphatic heterocycles. The number of nitrogens with zero attached hydrogens (tertiary/aromatic N) is 1. The predicted molar refractivity (Wildman–Crippen MR) is 104 cm³/mol. The Balaban J connectivity index is 1.37. The number of carbonyl (C=O) groups excluding carboxylic acids is 1. The first-order valence-electron chi connectivity index (χ1n) is 9.08. The number of pyridine rings is 1. The zero-order valence-corrected chi connectivity index (χ0v) is 15.3. The molecule has 6 heteroatoms. The number of nitrogens with one attached hydrogen (secondary N) is 2. The number of H-pyrrole nitrogens is 1. The van der Waals surface area contributed by atoms with Gasteiger partial charge in [0.05, 0.1) is 16.3 Å². The van der Waals surface area contributed by atoms with E-state index in [0.29, 0.717) is 17.6 Å². The Morgan fingerprint density at radius 2 is 2.08 bits per heavy atom. The number of hydrogen-bond donors (Lipinski definition) is 2. The van der Waals surface area contributed by atoms with Crippen LogP contribution >= 0.6 is 11.3 Å². The summed E-state index contributed by atoms with van der Waals surface area (Å²) in [5.41, 5.74) is 2.13. The van der Waals surface area contributed by atoms with Crippen LogP contribution in [-0.2, 0) is 19.3 Å². The Labute approximate surface area is 155 Å². The zero-order chi connectivity index (χ0) is 17.9. The number of hydrogen-bond acceptors (Lipinski definition) is 4. The Bertz CT molecular complexity index is 982. The van der Waals surface area contributed by atoms with Crippen LogP contribution in [0.3, 0.4) is 0 Å². The van der Waals surface area contributed by atoms with E-state index in [1.165, 1.54) is 40.9 Å². The van der Waals surface area contributed by atoms with Crippen molar-refractivity contribution in [2.45, 2.75) is 38.5 Å². The quantitative estimate of drug-likeness (QED) is 0.680. The number of thiazole rings is 1. The number of para-hydroxylation sites is 1. The van der Waals surface area contributed by atoms with E-state index in [2.05, 4.69) is 10.3 Å². The van der Waals surface area contributed by atoms with Crippen LogP contribution in [0.2, 0.25) is 0 Å². The first-order chi connectivity index (χ1) is 12.7. The van der Waals surface area contributed by atoms with Gasteiger partial charge in [-0.15, -0.1) is 11.3 Å². The fourth-order valence-electron chi connectivity index (χ4n) is 3.44. The molecule has 1 aliphatic carbocycles. The summed E-state index contributed by atoms with van der Waals surface area (Å²) >= 11 is 1.83. The lowest BCUT2D eigenvalue weighted by molar-refractivity contribution is 0.0954. The molecule has 134 valence electrons. The van der Waals surface area contributed by atoms with Crippen molar-refractivity contribution in [2.75, 3.05) is 6.54 Å². The summed E-state index contributed by atoms with van der Waals surface area (Å²) in [4.78, 5) is 33.2. The van der Waals surface area contributed by atoms with E-state index in [1.54, 1.807) is 6.07 Å². The first-order valence-corrected chi connectivity index (χ1v) is 9.90. The van der Waals surface area contributed by atoms with Gasteiger partial charge < -0.3 is 10.3 Å².